The van der Waals surface area contributed by atoms with Crippen LogP contribution < -0.4 is 5.32 Å². The van der Waals surface area contributed by atoms with Gasteiger partial charge in [0.2, 0.25) is 0 Å². The molecule has 1 amide bonds. The van der Waals surface area contributed by atoms with Crippen molar-refractivity contribution in [2.24, 2.45) is 0 Å². The topological polar surface area (TPSA) is 97.1 Å². The summed E-state index contributed by atoms with van der Waals surface area (Å²) in [7, 11) is 0. The lowest BCUT2D eigenvalue weighted by atomic mass is 10.2. The molecule has 2 aromatic heterocycles. The van der Waals surface area contributed by atoms with Crippen LogP contribution in [0.1, 0.15) is 20.8 Å². The van der Waals surface area contributed by atoms with Crippen LogP contribution in [0.5, 0.6) is 0 Å². The Morgan fingerprint density at radius 2 is 1.89 bits per heavy atom. The van der Waals surface area contributed by atoms with Gasteiger partial charge >= 0.3 is 5.97 Å². The first-order valence-electron chi connectivity index (χ1n) is 7.78. The van der Waals surface area contributed by atoms with Crippen molar-refractivity contribution in [3.63, 3.8) is 0 Å². The van der Waals surface area contributed by atoms with Gasteiger partial charge in [0.15, 0.2) is 16.5 Å². The number of carboxylic acid groups (broad SMARTS) is 1. The Kier molecular flexibility index (Phi) is 4.35. The predicted octanol–water partition coefficient (Wildman–Crippen LogP) is 4.09. The monoisotopic (exact) mass is 398 g/mol. The molecule has 0 unspecified atom stereocenters. The number of rotatable bonds is 4. The maximum absolute atomic E-state index is 12.4. The summed E-state index contributed by atoms with van der Waals surface area (Å²) < 4.78 is 1.83. The van der Waals surface area contributed by atoms with Gasteiger partial charge in [-0.1, -0.05) is 47.2 Å². The van der Waals surface area contributed by atoms with Gasteiger partial charge in [0, 0.05) is 10.6 Å². The van der Waals surface area contributed by atoms with Gasteiger partial charge in [-0.2, -0.15) is 10.1 Å². The lowest BCUT2D eigenvalue weighted by Gasteiger charge is -2.03. The second-order valence-electron chi connectivity index (χ2n) is 5.54. The second-order valence-corrected chi connectivity index (χ2v) is 6.97. The Morgan fingerprint density at radius 1 is 1.11 bits per heavy atom. The molecule has 0 aliphatic rings. The Hall–Kier alpha value is -3.23. The Bertz CT molecular complexity index is 1170. The van der Waals surface area contributed by atoms with Gasteiger partial charge < -0.3 is 5.11 Å². The number of nitrogens with one attached hydrogen (secondary N) is 1. The summed E-state index contributed by atoms with van der Waals surface area (Å²) >= 11 is 6.97. The molecule has 134 valence electrons. The second kappa shape index (κ2) is 6.82. The van der Waals surface area contributed by atoms with E-state index < -0.39 is 5.97 Å². The minimum absolute atomic E-state index is 0.116. The molecule has 9 heteroatoms. The van der Waals surface area contributed by atoms with Gasteiger partial charge in [-0.3, -0.25) is 10.1 Å². The molecule has 0 saturated heterocycles. The van der Waals surface area contributed by atoms with Crippen LogP contribution in [0.4, 0.5) is 5.13 Å². The summed E-state index contributed by atoms with van der Waals surface area (Å²) in [6.45, 7) is 0. The number of nitrogens with zero attached hydrogens (tertiary/aromatic N) is 3. The smallest absolute Gasteiger partial charge is 0.358 e. The summed E-state index contributed by atoms with van der Waals surface area (Å²) in [5.41, 5.74) is 1.30. The van der Waals surface area contributed by atoms with Gasteiger partial charge in [-0.15, -0.1) is 0 Å². The number of amides is 1. The minimum Gasteiger partial charge on any atom is -0.476 e. The Labute approximate surface area is 161 Å². The van der Waals surface area contributed by atoms with E-state index in [-0.39, 0.29) is 16.7 Å². The molecular formula is C18H11ClN4O3S. The van der Waals surface area contributed by atoms with E-state index in [4.69, 9.17) is 11.6 Å². The average molecular weight is 399 g/mol. The summed E-state index contributed by atoms with van der Waals surface area (Å²) in [6, 6.07) is 15.6. The number of anilines is 1. The van der Waals surface area contributed by atoms with Crippen molar-refractivity contribution in [2.45, 2.75) is 0 Å². The molecule has 0 atom stereocenters. The normalized spacial score (nSPS) is 10.9. The molecule has 0 radical (unpaired) electrons. The summed E-state index contributed by atoms with van der Waals surface area (Å²) in [4.78, 5) is 28.3. The predicted molar refractivity (Wildman–Crippen MR) is 103 cm³/mol. The van der Waals surface area contributed by atoms with Crippen LogP contribution in [0.2, 0.25) is 5.02 Å². The van der Waals surface area contributed by atoms with Crippen molar-refractivity contribution in [1.82, 2.24) is 14.8 Å². The molecule has 2 heterocycles. The highest BCUT2D eigenvalue weighted by atomic mass is 35.5. The first-order valence-corrected chi connectivity index (χ1v) is 8.97. The number of halogens is 1. The van der Waals surface area contributed by atoms with E-state index in [0.717, 1.165) is 11.3 Å². The van der Waals surface area contributed by atoms with Crippen LogP contribution in [-0.2, 0) is 0 Å². The van der Waals surface area contributed by atoms with Gasteiger partial charge in [0.05, 0.1) is 5.69 Å². The number of aromatic nitrogens is 3. The SMILES string of the molecule is O=C(Nc1nc2c(s1)c(C(=O)O)nn2-c1ccccc1)c1cccc(Cl)c1. The molecule has 0 fully saturated rings. The quantitative estimate of drug-likeness (QED) is 0.539. The summed E-state index contributed by atoms with van der Waals surface area (Å²) in [5.74, 6) is -1.55. The zero-order chi connectivity index (χ0) is 19.0. The van der Waals surface area contributed by atoms with E-state index in [2.05, 4.69) is 15.4 Å². The third kappa shape index (κ3) is 3.27. The number of hydrogen-bond acceptors (Lipinski definition) is 5. The van der Waals surface area contributed by atoms with Crippen LogP contribution in [0.25, 0.3) is 16.0 Å². The van der Waals surface area contributed by atoms with Crippen molar-refractivity contribution in [1.29, 1.82) is 0 Å². The number of thiazole rings is 1. The molecule has 4 rings (SSSR count). The zero-order valence-corrected chi connectivity index (χ0v) is 15.2. The van der Waals surface area contributed by atoms with Gasteiger partial charge in [-0.25, -0.2) is 9.48 Å². The first kappa shape index (κ1) is 17.2. The molecule has 2 aromatic carbocycles. The highest BCUT2D eigenvalue weighted by molar-refractivity contribution is 7.22. The van der Waals surface area contributed by atoms with Gasteiger partial charge in [0.25, 0.3) is 5.91 Å². The maximum Gasteiger partial charge on any atom is 0.358 e. The van der Waals surface area contributed by atoms with Gasteiger partial charge in [0.1, 0.15) is 4.70 Å². The maximum atomic E-state index is 12.4. The van der Waals surface area contributed by atoms with Crippen molar-refractivity contribution in [2.75, 3.05) is 5.32 Å². The number of aromatic carboxylic acids is 1. The molecule has 27 heavy (non-hydrogen) atoms. The number of para-hydroxylation sites is 1. The molecule has 2 N–H and O–H groups in total. The fourth-order valence-corrected chi connectivity index (χ4v) is 3.65. The summed E-state index contributed by atoms with van der Waals surface area (Å²) in [5, 5.41) is 17.0. The first-order chi connectivity index (χ1) is 13.0. The van der Waals surface area contributed by atoms with E-state index in [1.807, 2.05) is 18.2 Å². The number of carbonyl (C=O) groups excluding carboxylic acids is 1. The van der Waals surface area contributed by atoms with E-state index in [1.54, 1.807) is 36.4 Å². The van der Waals surface area contributed by atoms with E-state index in [1.165, 1.54) is 4.68 Å². The number of benzene rings is 2. The summed E-state index contributed by atoms with van der Waals surface area (Å²) in [6.07, 6.45) is 0. The molecule has 0 spiro atoms. The largest absolute Gasteiger partial charge is 0.476 e. The van der Waals surface area contributed by atoms with Crippen molar-refractivity contribution in [3.8, 4) is 5.69 Å². The number of fused-ring (bicyclic) bond motifs is 1. The highest BCUT2D eigenvalue weighted by Gasteiger charge is 2.22. The average Bonchev–Trinajstić information content (AvgIpc) is 3.20. The van der Waals surface area contributed by atoms with E-state index in [9.17, 15) is 14.7 Å². The zero-order valence-electron chi connectivity index (χ0n) is 13.6. The number of carboxylic acids is 1. The van der Waals surface area contributed by atoms with E-state index >= 15 is 0 Å². The third-order valence-corrected chi connectivity index (χ3v) is 4.94. The molecule has 0 bridgehead atoms. The van der Waals surface area contributed by atoms with Crippen LogP contribution in [0.3, 0.4) is 0 Å². The standard InChI is InChI=1S/C18H11ClN4O3S/c19-11-6-4-5-10(9-11)16(24)21-18-20-15-14(27-18)13(17(25)26)22-23(15)12-7-2-1-3-8-12/h1-9H,(H,25,26)(H,20,21,24). The van der Waals surface area contributed by atoms with Crippen molar-refractivity contribution >= 4 is 50.3 Å². The third-order valence-electron chi connectivity index (χ3n) is 3.74. The van der Waals surface area contributed by atoms with Crippen LogP contribution >= 0.6 is 22.9 Å². The number of hydrogen-bond donors (Lipinski definition) is 2. The minimum atomic E-state index is -1.16. The van der Waals surface area contributed by atoms with E-state index in [0.29, 0.717) is 26.6 Å². The molecule has 0 aliphatic heterocycles. The molecular weight excluding hydrogens is 388 g/mol. The molecule has 4 aromatic rings. The fraction of sp³-hybridized carbons (Fsp3) is 0. The lowest BCUT2D eigenvalue weighted by Crippen LogP contribution is -2.11. The lowest BCUT2D eigenvalue weighted by molar-refractivity contribution is 0.0692. The van der Waals surface area contributed by atoms with Gasteiger partial charge in [-0.05, 0) is 30.3 Å². The highest BCUT2D eigenvalue weighted by Crippen LogP contribution is 2.31. The van der Waals surface area contributed by atoms with Crippen LogP contribution in [0.15, 0.2) is 54.6 Å². The van der Waals surface area contributed by atoms with Crippen LogP contribution in [-0.4, -0.2) is 31.7 Å². The molecule has 7 nitrogen and oxygen atoms in total. The molecule has 0 saturated carbocycles. The Morgan fingerprint density at radius 3 is 2.59 bits per heavy atom. The Balaban J connectivity index is 1.75. The molecule has 0 aliphatic carbocycles. The fourth-order valence-electron chi connectivity index (χ4n) is 2.54. The van der Waals surface area contributed by atoms with Crippen molar-refractivity contribution < 1.29 is 14.7 Å². The van der Waals surface area contributed by atoms with Crippen LogP contribution in [0, 0.1) is 0 Å². The van der Waals surface area contributed by atoms with Crippen molar-refractivity contribution in [3.05, 3.63) is 70.9 Å². The number of carbonyl (C=O) groups is 2.